The highest BCUT2D eigenvalue weighted by Crippen LogP contribution is 2.36. The van der Waals surface area contributed by atoms with Crippen LogP contribution in [0.5, 0.6) is 5.75 Å². The monoisotopic (exact) mass is 428 g/mol. The number of carbonyl (C=O) groups excluding carboxylic acids is 1. The first-order valence-electron chi connectivity index (χ1n) is 8.64. The van der Waals surface area contributed by atoms with Crippen LogP contribution in [-0.4, -0.2) is 33.2 Å². The number of hydrogen-bond donors (Lipinski definition) is 1. The van der Waals surface area contributed by atoms with Gasteiger partial charge in [-0.1, -0.05) is 18.2 Å². The molecule has 10 heteroatoms. The van der Waals surface area contributed by atoms with Gasteiger partial charge < -0.3 is 10.1 Å². The molecule has 0 aliphatic carbocycles. The first-order chi connectivity index (χ1) is 13.4. The lowest BCUT2D eigenvalue weighted by molar-refractivity contribution is -0.137. The third-order valence-corrected chi connectivity index (χ3v) is 5.54. The lowest BCUT2D eigenvalue weighted by Crippen LogP contribution is -2.50. The Morgan fingerprint density at radius 2 is 1.97 bits per heavy atom. The maximum Gasteiger partial charge on any atom is 0.416 e. The average molecular weight is 428 g/mol. The molecule has 156 valence electrons. The van der Waals surface area contributed by atoms with Crippen LogP contribution in [0.2, 0.25) is 0 Å². The van der Waals surface area contributed by atoms with Crippen LogP contribution >= 0.6 is 0 Å². The summed E-state index contributed by atoms with van der Waals surface area (Å²) in [5, 5.41) is 2.51. The fourth-order valence-electron chi connectivity index (χ4n) is 2.97. The molecule has 0 saturated heterocycles. The second kappa shape index (κ2) is 7.58. The van der Waals surface area contributed by atoms with E-state index < -0.39 is 33.8 Å². The molecule has 1 aliphatic heterocycles. The number of anilines is 1. The van der Waals surface area contributed by atoms with Crippen molar-refractivity contribution in [2.45, 2.75) is 25.7 Å². The van der Waals surface area contributed by atoms with Crippen LogP contribution in [0.3, 0.4) is 0 Å². The number of amides is 1. The number of nitrogens with one attached hydrogen (secondary N) is 1. The summed E-state index contributed by atoms with van der Waals surface area (Å²) in [6.45, 7) is 1.42. The summed E-state index contributed by atoms with van der Waals surface area (Å²) in [6, 6.07) is 9.55. The van der Waals surface area contributed by atoms with Gasteiger partial charge in [0.05, 0.1) is 24.1 Å². The molecule has 0 spiro atoms. The molecule has 1 aliphatic rings. The number of halogens is 3. The van der Waals surface area contributed by atoms with Gasteiger partial charge in [0.1, 0.15) is 5.75 Å². The fourth-order valence-corrected chi connectivity index (χ4v) is 3.88. The summed E-state index contributed by atoms with van der Waals surface area (Å²) in [7, 11) is -3.66. The summed E-state index contributed by atoms with van der Waals surface area (Å²) in [4.78, 5) is 12.5. The van der Waals surface area contributed by atoms with Gasteiger partial charge in [-0.25, -0.2) is 8.42 Å². The molecule has 0 saturated carbocycles. The van der Waals surface area contributed by atoms with Crippen molar-refractivity contribution in [2.75, 3.05) is 17.1 Å². The van der Waals surface area contributed by atoms with Crippen molar-refractivity contribution < 1.29 is 31.1 Å². The van der Waals surface area contributed by atoms with E-state index in [1.165, 1.54) is 12.1 Å². The van der Waals surface area contributed by atoms with E-state index in [1.807, 2.05) is 0 Å². The van der Waals surface area contributed by atoms with Crippen LogP contribution in [0.25, 0.3) is 0 Å². The Labute approximate surface area is 166 Å². The normalized spacial score (nSPS) is 16.7. The van der Waals surface area contributed by atoms with Gasteiger partial charge in [-0.3, -0.25) is 9.10 Å². The molecular weight excluding hydrogens is 409 g/mol. The predicted molar refractivity (Wildman–Crippen MR) is 101 cm³/mol. The maximum atomic E-state index is 12.8. The average Bonchev–Trinajstić information content (AvgIpc) is 2.64. The van der Waals surface area contributed by atoms with Gasteiger partial charge in [0.25, 0.3) is 5.91 Å². The van der Waals surface area contributed by atoms with Crippen LogP contribution in [-0.2, 0) is 27.5 Å². The van der Waals surface area contributed by atoms with Gasteiger partial charge in [-0.05, 0) is 42.3 Å². The van der Waals surface area contributed by atoms with Gasteiger partial charge in [-0.15, -0.1) is 0 Å². The number of alkyl halides is 3. The Kier molecular flexibility index (Phi) is 5.48. The summed E-state index contributed by atoms with van der Waals surface area (Å²) in [6.07, 6.45) is -4.59. The predicted octanol–water partition coefficient (Wildman–Crippen LogP) is 2.86. The molecule has 29 heavy (non-hydrogen) atoms. The number of carbonyl (C=O) groups is 1. The standard InChI is InChI=1S/C19H19F3N2O4S/c1-12-6-7-16-15(8-12)24(29(2,26)27)11-17(28-16)18(25)23-10-13-4-3-5-14(9-13)19(20,21)22/h3-9,17H,10-11H2,1-2H3,(H,23,25). The largest absolute Gasteiger partial charge is 0.476 e. The second-order valence-corrected chi connectivity index (χ2v) is 8.69. The zero-order chi connectivity index (χ0) is 21.4. The van der Waals surface area contributed by atoms with Crippen LogP contribution in [0.4, 0.5) is 18.9 Å². The van der Waals surface area contributed by atoms with E-state index in [9.17, 15) is 26.4 Å². The zero-order valence-corrected chi connectivity index (χ0v) is 16.5. The molecule has 0 bridgehead atoms. The quantitative estimate of drug-likeness (QED) is 0.813. The van der Waals surface area contributed by atoms with Crippen molar-refractivity contribution in [3.8, 4) is 5.75 Å². The highest BCUT2D eigenvalue weighted by molar-refractivity contribution is 7.92. The molecular formula is C19H19F3N2O4S. The molecule has 3 rings (SSSR count). The summed E-state index contributed by atoms with van der Waals surface area (Å²) >= 11 is 0. The van der Waals surface area contributed by atoms with Gasteiger partial charge in [0.2, 0.25) is 10.0 Å². The summed E-state index contributed by atoms with van der Waals surface area (Å²) in [5.41, 5.74) is 0.619. The summed E-state index contributed by atoms with van der Waals surface area (Å²) in [5.74, 6) is -0.381. The maximum absolute atomic E-state index is 12.8. The molecule has 1 amide bonds. The van der Waals surface area contributed by atoms with Gasteiger partial charge in [-0.2, -0.15) is 13.2 Å². The highest BCUT2D eigenvalue weighted by atomic mass is 32.2. The number of sulfonamides is 1. The Balaban J connectivity index is 1.76. The van der Waals surface area contributed by atoms with Crippen molar-refractivity contribution in [3.63, 3.8) is 0 Å². The van der Waals surface area contributed by atoms with E-state index in [1.54, 1.807) is 25.1 Å². The van der Waals surface area contributed by atoms with Gasteiger partial charge >= 0.3 is 6.18 Å². The van der Waals surface area contributed by atoms with E-state index in [4.69, 9.17) is 4.74 Å². The smallest absolute Gasteiger partial charge is 0.416 e. The Morgan fingerprint density at radius 3 is 2.62 bits per heavy atom. The van der Waals surface area contributed by atoms with Crippen LogP contribution < -0.4 is 14.4 Å². The molecule has 0 fully saturated rings. The lowest BCUT2D eigenvalue weighted by atomic mass is 10.1. The van der Waals surface area contributed by atoms with Crippen LogP contribution in [0, 0.1) is 6.92 Å². The van der Waals surface area contributed by atoms with E-state index >= 15 is 0 Å². The minimum atomic E-state index is -4.48. The first-order valence-corrected chi connectivity index (χ1v) is 10.5. The SMILES string of the molecule is Cc1ccc2c(c1)N(S(C)(=O)=O)CC(C(=O)NCc1cccc(C(F)(F)F)c1)O2. The number of nitrogens with zero attached hydrogens (tertiary/aromatic N) is 1. The Bertz CT molecular complexity index is 1040. The molecule has 1 heterocycles. The van der Waals surface area contributed by atoms with E-state index in [2.05, 4.69) is 5.32 Å². The van der Waals surface area contributed by atoms with Crippen molar-refractivity contribution in [1.29, 1.82) is 0 Å². The topological polar surface area (TPSA) is 75.7 Å². The number of ether oxygens (including phenoxy) is 1. The molecule has 0 aromatic heterocycles. The third kappa shape index (κ3) is 4.81. The minimum absolute atomic E-state index is 0.151. The van der Waals surface area contributed by atoms with Crippen molar-refractivity contribution in [3.05, 3.63) is 59.2 Å². The third-order valence-electron chi connectivity index (χ3n) is 4.40. The van der Waals surface area contributed by atoms with Crippen molar-refractivity contribution >= 4 is 21.6 Å². The number of benzene rings is 2. The second-order valence-electron chi connectivity index (χ2n) is 6.79. The molecule has 0 radical (unpaired) electrons. The molecule has 6 nitrogen and oxygen atoms in total. The summed E-state index contributed by atoms with van der Waals surface area (Å²) < 4.78 is 69.5. The molecule has 1 unspecified atom stereocenters. The first kappa shape index (κ1) is 21.0. The van der Waals surface area contributed by atoms with Crippen molar-refractivity contribution in [2.24, 2.45) is 0 Å². The highest BCUT2D eigenvalue weighted by Gasteiger charge is 2.35. The fraction of sp³-hybridized carbons (Fsp3) is 0.316. The van der Waals surface area contributed by atoms with Crippen molar-refractivity contribution in [1.82, 2.24) is 5.32 Å². The minimum Gasteiger partial charge on any atom is -0.476 e. The number of fused-ring (bicyclic) bond motifs is 1. The lowest BCUT2D eigenvalue weighted by Gasteiger charge is -2.34. The van der Waals surface area contributed by atoms with Crippen LogP contribution in [0.15, 0.2) is 42.5 Å². The zero-order valence-electron chi connectivity index (χ0n) is 15.7. The Hall–Kier alpha value is -2.75. The van der Waals surface area contributed by atoms with Gasteiger partial charge in [0, 0.05) is 6.54 Å². The number of hydrogen-bond acceptors (Lipinski definition) is 4. The molecule has 2 aromatic rings. The number of rotatable bonds is 4. The van der Waals surface area contributed by atoms with E-state index in [0.29, 0.717) is 5.69 Å². The van der Waals surface area contributed by atoms with Gasteiger partial charge in [0.15, 0.2) is 6.10 Å². The number of aryl methyl sites for hydroxylation is 1. The van der Waals surface area contributed by atoms with E-state index in [0.717, 1.165) is 28.3 Å². The molecule has 2 aromatic carbocycles. The molecule has 1 N–H and O–H groups in total. The van der Waals surface area contributed by atoms with Crippen LogP contribution in [0.1, 0.15) is 16.7 Å². The Morgan fingerprint density at radius 1 is 1.24 bits per heavy atom. The van der Waals surface area contributed by atoms with E-state index in [-0.39, 0.29) is 24.4 Å². The molecule has 1 atom stereocenters.